The van der Waals surface area contributed by atoms with Crippen molar-refractivity contribution in [3.63, 3.8) is 0 Å². The van der Waals surface area contributed by atoms with E-state index in [4.69, 9.17) is 11.5 Å². The van der Waals surface area contributed by atoms with Crippen molar-refractivity contribution in [2.45, 2.75) is 19.9 Å². The predicted molar refractivity (Wildman–Crippen MR) is 78.6 cm³/mol. The quantitative estimate of drug-likeness (QED) is 0.637. The number of pyridine rings is 1. The van der Waals surface area contributed by atoms with E-state index in [9.17, 15) is 9.59 Å². The summed E-state index contributed by atoms with van der Waals surface area (Å²) < 4.78 is 1.51. The molecule has 0 radical (unpaired) electrons. The maximum Gasteiger partial charge on any atom is 0.282 e. The fourth-order valence-electron chi connectivity index (χ4n) is 2.10. The maximum atomic E-state index is 12.3. The van der Waals surface area contributed by atoms with Crippen molar-refractivity contribution >= 4 is 22.6 Å². The third kappa shape index (κ3) is 2.54. The molecule has 2 aromatic rings. The molecule has 1 heterocycles. The van der Waals surface area contributed by atoms with E-state index in [2.05, 4.69) is 4.99 Å². The van der Waals surface area contributed by atoms with Crippen LogP contribution < -0.4 is 17.0 Å². The second-order valence-electron chi connectivity index (χ2n) is 4.43. The highest BCUT2D eigenvalue weighted by molar-refractivity contribution is 6.10. The van der Waals surface area contributed by atoms with Crippen molar-refractivity contribution in [3.05, 3.63) is 46.4 Å². The number of benzene rings is 1. The maximum absolute atomic E-state index is 12.3. The zero-order valence-electron chi connectivity index (χ0n) is 11.2. The van der Waals surface area contributed by atoms with Crippen LogP contribution in [-0.2, 0) is 6.54 Å². The predicted octanol–water partition coefficient (Wildman–Crippen LogP) is 0.825. The molecule has 6 nitrogen and oxygen atoms in total. The van der Waals surface area contributed by atoms with Gasteiger partial charge in [-0.15, -0.1) is 0 Å². The molecule has 1 aromatic heterocycles. The van der Waals surface area contributed by atoms with Gasteiger partial charge in [-0.1, -0.05) is 25.1 Å². The number of amides is 1. The highest BCUT2D eigenvalue weighted by Gasteiger charge is 2.14. The molecule has 0 aliphatic heterocycles. The van der Waals surface area contributed by atoms with Gasteiger partial charge in [-0.2, -0.15) is 4.99 Å². The van der Waals surface area contributed by atoms with Crippen LogP contribution in [-0.4, -0.2) is 16.4 Å². The van der Waals surface area contributed by atoms with Crippen LogP contribution in [0.25, 0.3) is 10.8 Å². The SMILES string of the molecule is CCCn1cc(C(=O)N=C(N)N)c2ccccc2c1=O. The minimum Gasteiger partial charge on any atom is -0.370 e. The first-order valence-corrected chi connectivity index (χ1v) is 6.30. The lowest BCUT2D eigenvalue weighted by Gasteiger charge is -2.09. The molecule has 0 saturated heterocycles. The summed E-state index contributed by atoms with van der Waals surface area (Å²) in [6, 6.07) is 6.92. The van der Waals surface area contributed by atoms with Gasteiger partial charge in [-0.05, 0) is 12.5 Å². The van der Waals surface area contributed by atoms with Crippen molar-refractivity contribution in [3.8, 4) is 0 Å². The molecule has 2 rings (SSSR count). The third-order valence-corrected chi connectivity index (χ3v) is 2.92. The lowest BCUT2D eigenvalue weighted by atomic mass is 10.1. The zero-order valence-corrected chi connectivity index (χ0v) is 11.2. The standard InChI is InChI=1S/C14H16N4O2/c1-2-7-18-8-11(12(19)17-14(15)16)9-5-3-4-6-10(9)13(18)20/h3-6,8H,2,7H2,1H3,(H4,15,16,17,19). The number of rotatable bonds is 3. The molecule has 4 N–H and O–H groups in total. The Morgan fingerprint density at radius 1 is 1.25 bits per heavy atom. The molecule has 0 aliphatic carbocycles. The minimum absolute atomic E-state index is 0.122. The van der Waals surface area contributed by atoms with Crippen molar-refractivity contribution in [1.82, 2.24) is 4.57 Å². The van der Waals surface area contributed by atoms with E-state index in [-0.39, 0.29) is 11.5 Å². The number of aromatic nitrogens is 1. The van der Waals surface area contributed by atoms with Crippen molar-refractivity contribution in [2.24, 2.45) is 16.5 Å². The summed E-state index contributed by atoms with van der Waals surface area (Å²) in [5.74, 6) is -0.849. The number of guanidine groups is 1. The van der Waals surface area contributed by atoms with Gasteiger partial charge < -0.3 is 16.0 Å². The van der Waals surface area contributed by atoms with E-state index in [1.54, 1.807) is 24.3 Å². The van der Waals surface area contributed by atoms with Gasteiger partial charge in [0.15, 0.2) is 5.96 Å². The molecular formula is C14H16N4O2. The molecule has 104 valence electrons. The molecular weight excluding hydrogens is 256 g/mol. The van der Waals surface area contributed by atoms with Crippen LogP contribution in [0.5, 0.6) is 0 Å². The van der Waals surface area contributed by atoms with Crippen LogP contribution in [0.3, 0.4) is 0 Å². The van der Waals surface area contributed by atoms with Crippen molar-refractivity contribution in [1.29, 1.82) is 0 Å². The summed E-state index contributed by atoms with van der Waals surface area (Å²) in [7, 11) is 0. The van der Waals surface area contributed by atoms with E-state index in [0.717, 1.165) is 6.42 Å². The first-order valence-electron chi connectivity index (χ1n) is 6.30. The summed E-state index contributed by atoms with van der Waals surface area (Å²) >= 11 is 0. The summed E-state index contributed by atoms with van der Waals surface area (Å²) in [6.45, 7) is 2.49. The van der Waals surface area contributed by atoms with Crippen LogP contribution in [0.4, 0.5) is 0 Å². The summed E-state index contributed by atoms with van der Waals surface area (Å²) in [5.41, 5.74) is 10.7. The highest BCUT2D eigenvalue weighted by Crippen LogP contribution is 2.16. The monoisotopic (exact) mass is 272 g/mol. The number of hydrogen-bond donors (Lipinski definition) is 2. The van der Waals surface area contributed by atoms with Gasteiger partial charge in [0.2, 0.25) is 0 Å². The first-order chi connectivity index (χ1) is 9.54. The molecule has 0 unspecified atom stereocenters. The van der Waals surface area contributed by atoms with Gasteiger partial charge in [-0.3, -0.25) is 9.59 Å². The van der Waals surface area contributed by atoms with Gasteiger partial charge in [-0.25, -0.2) is 0 Å². The normalized spacial score (nSPS) is 10.4. The molecule has 1 amide bonds. The lowest BCUT2D eigenvalue weighted by Crippen LogP contribution is -2.25. The molecule has 0 bridgehead atoms. The number of nitrogens with two attached hydrogens (primary N) is 2. The van der Waals surface area contributed by atoms with E-state index in [0.29, 0.717) is 22.9 Å². The second kappa shape index (κ2) is 5.56. The molecule has 0 atom stereocenters. The number of carbonyl (C=O) groups excluding carboxylic acids is 1. The van der Waals surface area contributed by atoms with Gasteiger partial charge in [0, 0.05) is 23.5 Å². The van der Waals surface area contributed by atoms with Crippen LogP contribution >= 0.6 is 0 Å². The average Bonchev–Trinajstić information content (AvgIpc) is 2.41. The Morgan fingerprint density at radius 2 is 1.90 bits per heavy atom. The average molecular weight is 272 g/mol. The first kappa shape index (κ1) is 13.8. The summed E-state index contributed by atoms with van der Waals surface area (Å²) in [4.78, 5) is 27.9. The van der Waals surface area contributed by atoms with E-state index in [1.165, 1.54) is 10.8 Å². The topological polar surface area (TPSA) is 103 Å². The Balaban J connectivity index is 2.76. The van der Waals surface area contributed by atoms with Crippen LogP contribution in [0.1, 0.15) is 23.7 Å². The zero-order chi connectivity index (χ0) is 14.7. The molecule has 20 heavy (non-hydrogen) atoms. The second-order valence-corrected chi connectivity index (χ2v) is 4.43. The van der Waals surface area contributed by atoms with Crippen molar-refractivity contribution in [2.75, 3.05) is 0 Å². The van der Waals surface area contributed by atoms with Gasteiger partial charge in [0.1, 0.15) is 0 Å². The number of aliphatic imine (C=N–C) groups is 1. The number of nitrogens with zero attached hydrogens (tertiary/aromatic N) is 2. The van der Waals surface area contributed by atoms with Gasteiger partial charge in [0.05, 0.1) is 5.56 Å². The molecule has 0 spiro atoms. The van der Waals surface area contributed by atoms with E-state index < -0.39 is 5.91 Å². The number of carbonyl (C=O) groups is 1. The Kier molecular flexibility index (Phi) is 3.84. The minimum atomic E-state index is -0.550. The van der Waals surface area contributed by atoms with Crippen LogP contribution in [0.2, 0.25) is 0 Å². The van der Waals surface area contributed by atoms with Crippen molar-refractivity contribution < 1.29 is 4.79 Å². The lowest BCUT2D eigenvalue weighted by molar-refractivity contribution is 0.100. The summed E-state index contributed by atoms with van der Waals surface area (Å²) in [6.07, 6.45) is 2.30. The van der Waals surface area contributed by atoms with E-state index >= 15 is 0 Å². The third-order valence-electron chi connectivity index (χ3n) is 2.92. The van der Waals surface area contributed by atoms with Crippen LogP contribution in [0.15, 0.2) is 40.2 Å². The molecule has 0 saturated carbocycles. The molecule has 6 heteroatoms. The number of aryl methyl sites for hydroxylation is 1. The van der Waals surface area contributed by atoms with Gasteiger partial charge in [0.25, 0.3) is 11.5 Å². The molecule has 0 fully saturated rings. The summed E-state index contributed by atoms with van der Waals surface area (Å²) in [5, 5.41) is 1.04. The Labute approximate surface area is 115 Å². The fourth-order valence-corrected chi connectivity index (χ4v) is 2.10. The fraction of sp³-hybridized carbons (Fsp3) is 0.214. The largest absolute Gasteiger partial charge is 0.370 e. The van der Waals surface area contributed by atoms with Crippen LogP contribution in [0, 0.1) is 0 Å². The Bertz CT molecular complexity index is 742. The molecule has 0 aliphatic rings. The smallest absolute Gasteiger partial charge is 0.282 e. The van der Waals surface area contributed by atoms with E-state index in [1.807, 2.05) is 6.92 Å². The van der Waals surface area contributed by atoms with Gasteiger partial charge >= 0.3 is 0 Å². The Morgan fingerprint density at radius 3 is 2.50 bits per heavy atom. The Hall–Kier alpha value is -2.63. The number of fused-ring (bicyclic) bond motifs is 1. The molecule has 1 aromatic carbocycles. The highest BCUT2D eigenvalue weighted by atomic mass is 16.1. The number of hydrogen-bond acceptors (Lipinski definition) is 2.